The predicted octanol–water partition coefficient (Wildman–Crippen LogP) is 7.28. The highest BCUT2D eigenvalue weighted by molar-refractivity contribution is 5.87. The first-order chi connectivity index (χ1) is 16.6. The lowest BCUT2D eigenvalue weighted by molar-refractivity contribution is 0.0362. The minimum absolute atomic E-state index is 0.00277. The Hall–Kier alpha value is -3.50. The van der Waals surface area contributed by atoms with Gasteiger partial charge in [0, 0.05) is 12.0 Å². The van der Waals surface area contributed by atoms with Crippen LogP contribution in [-0.2, 0) is 11.2 Å². The molecular weight excluding hydrogens is 423 g/mol. The third-order valence-corrected chi connectivity index (χ3v) is 6.73. The highest BCUT2D eigenvalue weighted by atomic mass is 19.1. The van der Waals surface area contributed by atoms with Gasteiger partial charge in [-0.25, -0.2) is 9.07 Å². The SMILES string of the molecule is CCO[C@H](CC1(C)Cc2cnn(-c3ccc(F)cc3)c2C=C1c1ccccc1)c1ccccc1. The monoisotopic (exact) mass is 452 g/mol. The van der Waals surface area contributed by atoms with Crippen molar-refractivity contribution in [2.75, 3.05) is 6.61 Å². The van der Waals surface area contributed by atoms with Crippen LogP contribution in [0.4, 0.5) is 4.39 Å². The maximum absolute atomic E-state index is 13.5. The number of fused-ring (bicyclic) bond motifs is 1. The second kappa shape index (κ2) is 9.40. The molecule has 0 saturated heterocycles. The summed E-state index contributed by atoms with van der Waals surface area (Å²) < 4.78 is 21.7. The van der Waals surface area contributed by atoms with Crippen LogP contribution >= 0.6 is 0 Å². The van der Waals surface area contributed by atoms with Crippen LogP contribution in [0.5, 0.6) is 0 Å². The quantitative estimate of drug-likeness (QED) is 0.295. The van der Waals surface area contributed by atoms with Gasteiger partial charge in [0.05, 0.1) is 23.7 Å². The van der Waals surface area contributed by atoms with Gasteiger partial charge in [0.25, 0.3) is 0 Å². The van der Waals surface area contributed by atoms with E-state index in [9.17, 15) is 4.39 Å². The summed E-state index contributed by atoms with van der Waals surface area (Å²) in [6, 6.07) is 27.5. The van der Waals surface area contributed by atoms with Gasteiger partial charge < -0.3 is 4.74 Å². The average molecular weight is 453 g/mol. The van der Waals surface area contributed by atoms with Crippen LogP contribution in [0.15, 0.2) is 91.1 Å². The molecule has 0 aliphatic heterocycles. The van der Waals surface area contributed by atoms with Crippen molar-refractivity contribution < 1.29 is 9.13 Å². The van der Waals surface area contributed by atoms with Gasteiger partial charge >= 0.3 is 0 Å². The van der Waals surface area contributed by atoms with Crippen LogP contribution in [0, 0.1) is 11.2 Å². The second-order valence-electron chi connectivity index (χ2n) is 9.16. The third-order valence-electron chi connectivity index (χ3n) is 6.73. The number of rotatable bonds is 7. The lowest BCUT2D eigenvalue weighted by atomic mass is 9.67. The fourth-order valence-electron chi connectivity index (χ4n) is 5.08. The molecule has 0 fully saturated rings. The van der Waals surface area contributed by atoms with E-state index in [0.29, 0.717) is 6.61 Å². The molecule has 4 heteroatoms. The first kappa shape index (κ1) is 22.3. The maximum Gasteiger partial charge on any atom is 0.123 e. The van der Waals surface area contributed by atoms with Gasteiger partial charge in [0.2, 0.25) is 0 Å². The summed E-state index contributed by atoms with van der Waals surface area (Å²) >= 11 is 0. The number of benzene rings is 3. The third kappa shape index (κ3) is 4.34. The fourth-order valence-corrected chi connectivity index (χ4v) is 5.08. The zero-order chi connectivity index (χ0) is 23.5. The lowest BCUT2D eigenvalue weighted by Crippen LogP contribution is -2.28. The van der Waals surface area contributed by atoms with Gasteiger partial charge in [-0.05, 0) is 72.4 Å². The zero-order valence-corrected chi connectivity index (χ0v) is 19.6. The summed E-state index contributed by atoms with van der Waals surface area (Å²) in [5.74, 6) is -0.249. The predicted molar refractivity (Wildman–Crippen MR) is 135 cm³/mol. The van der Waals surface area contributed by atoms with E-state index in [0.717, 1.165) is 24.2 Å². The molecule has 0 amide bonds. The first-order valence-corrected chi connectivity index (χ1v) is 11.8. The Morgan fingerprint density at radius 3 is 2.32 bits per heavy atom. The number of nitrogens with zero attached hydrogens (tertiary/aromatic N) is 2. The summed E-state index contributed by atoms with van der Waals surface area (Å²) in [5, 5.41) is 4.68. The maximum atomic E-state index is 13.5. The smallest absolute Gasteiger partial charge is 0.123 e. The number of hydrogen-bond donors (Lipinski definition) is 0. The van der Waals surface area contributed by atoms with Crippen LogP contribution in [0.3, 0.4) is 0 Å². The molecule has 3 aromatic carbocycles. The van der Waals surface area contributed by atoms with E-state index in [4.69, 9.17) is 4.74 Å². The zero-order valence-electron chi connectivity index (χ0n) is 19.6. The molecule has 1 unspecified atom stereocenters. The van der Waals surface area contributed by atoms with E-state index in [1.165, 1.54) is 34.4 Å². The Morgan fingerprint density at radius 1 is 0.971 bits per heavy atom. The highest BCUT2D eigenvalue weighted by Crippen LogP contribution is 2.49. The fraction of sp³-hybridized carbons (Fsp3) is 0.233. The van der Waals surface area contributed by atoms with Gasteiger partial charge in [-0.15, -0.1) is 0 Å². The summed E-state index contributed by atoms with van der Waals surface area (Å²) in [6.45, 7) is 5.05. The molecule has 34 heavy (non-hydrogen) atoms. The summed E-state index contributed by atoms with van der Waals surface area (Å²) in [5.41, 5.74) is 6.61. The van der Waals surface area contributed by atoms with Crippen LogP contribution in [0.2, 0.25) is 0 Å². The second-order valence-corrected chi connectivity index (χ2v) is 9.16. The van der Waals surface area contributed by atoms with E-state index in [-0.39, 0.29) is 17.3 Å². The van der Waals surface area contributed by atoms with Gasteiger partial charge in [-0.2, -0.15) is 5.10 Å². The molecule has 0 N–H and O–H groups in total. The van der Waals surface area contributed by atoms with E-state index in [1.807, 2.05) is 23.0 Å². The minimum atomic E-state index is -0.249. The summed E-state index contributed by atoms with van der Waals surface area (Å²) in [7, 11) is 0. The van der Waals surface area contributed by atoms with Crippen molar-refractivity contribution >= 4 is 11.6 Å². The molecule has 1 aromatic heterocycles. The molecule has 172 valence electrons. The Balaban J connectivity index is 1.59. The number of halogens is 1. The Kier molecular flexibility index (Phi) is 6.16. The van der Waals surface area contributed by atoms with E-state index in [1.54, 1.807) is 12.1 Å². The van der Waals surface area contributed by atoms with Crippen LogP contribution < -0.4 is 0 Å². The van der Waals surface area contributed by atoms with Crippen molar-refractivity contribution in [3.63, 3.8) is 0 Å². The van der Waals surface area contributed by atoms with Crippen molar-refractivity contribution in [2.45, 2.75) is 32.8 Å². The molecule has 1 aliphatic carbocycles. The molecule has 3 nitrogen and oxygen atoms in total. The molecule has 4 aromatic rings. The molecule has 0 radical (unpaired) electrons. The van der Waals surface area contributed by atoms with Gasteiger partial charge in [-0.3, -0.25) is 0 Å². The minimum Gasteiger partial charge on any atom is -0.374 e. The standard InChI is InChI=1S/C30H29FN2O/c1-3-34-29(23-12-8-5-9-13-23)20-30(2)19-24-21-32-33(26-16-14-25(31)15-17-26)28(24)18-27(30)22-10-6-4-7-11-22/h4-18,21,29H,3,19-20H2,1-2H3/t29-,30?/m1/s1. The number of hydrogen-bond acceptors (Lipinski definition) is 2. The van der Waals surface area contributed by atoms with E-state index < -0.39 is 0 Å². The van der Waals surface area contributed by atoms with Gasteiger partial charge in [0.15, 0.2) is 0 Å². The Labute approximate surface area is 200 Å². The molecule has 0 saturated carbocycles. The summed E-state index contributed by atoms with van der Waals surface area (Å²) in [4.78, 5) is 0. The van der Waals surface area contributed by atoms with Crippen LogP contribution in [-0.4, -0.2) is 16.4 Å². The molecular formula is C30H29FN2O. The average Bonchev–Trinajstić information content (AvgIpc) is 3.27. The van der Waals surface area contributed by atoms with Gasteiger partial charge in [-0.1, -0.05) is 67.6 Å². The number of ether oxygens (including phenoxy) is 1. The van der Waals surface area contributed by atoms with Crippen molar-refractivity contribution in [1.82, 2.24) is 9.78 Å². The molecule has 0 spiro atoms. The van der Waals surface area contributed by atoms with Crippen molar-refractivity contribution in [3.8, 4) is 5.69 Å². The van der Waals surface area contributed by atoms with Crippen molar-refractivity contribution in [1.29, 1.82) is 0 Å². The number of allylic oxidation sites excluding steroid dienone is 1. The largest absolute Gasteiger partial charge is 0.374 e. The lowest BCUT2D eigenvalue weighted by Gasteiger charge is -2.38. The van der Waals surface area contributed by atoms with Gasteiger partial charge in [0.1, 0.15) is 5.82 Å². The first-order valence-electron chi connectivity index (χ1n) is 11.8. The molecule has 1 heterocycles. The molecule has 5 rings (SSSR count). The molecule has 1 aliphatic rings. The Bertz CT molecular complexity index is 1280. The highest BCUT2D eigenvalue weighted by Gasteiger charge is 2.38. The molecule has 0 bridgehead atoms. The van der Waals surface area contributed by atoms with E-state index in [2.05, 4.69) is 73.6 Å². The number of aromatic nitrogens is 2. The summed E-state index contributed by atoms with van der Waals surface area (Å²) in [6.07, 6.45) is 5.91. The normalized spacial score (nSPS) is 18.3. The van der Waals surface area contributed by atoms with Crippen LogP contribution in [0.25, 0.3) is 17.3 Å². The van der Waals surface area contributed by atoms with Crippen molar-refractivity contribution in [3.05, 3.63) is 119 Å². The topological polar surface area (TPSA) is 27.1 Å². The van der Waals surface area contributed by atoms with Crippen LogP contribution in [0.1, 0.15) is 48.8 Å². The Morgan fingerprint density at radius 2 is 1.65 bits per heavy atom. The van der Waals surface area contributed by atoms with E-state index >= 15 is 0 Å². The molecule has 2 atom stereocenters. The van der Waals surface area contributed by atoms with Crippen molar-refractivity contribution in [2.24, 2.45) is 5.41 Å².